The number of carbonyl (C=O) groups excluding carboxylic acids is 1. The standard InChI is InChI=1S/C29H30ClF2N3O2/c30-24-12-18(13-25(32)29(24)37)17-3-8-26-22(11-17)27(23(14-33-26)28(36)16-1-2-16)34-20-4-6-21(7-5-20)35-10-9-19(31)15-35/h3,8,11-14,16,19-21,37H,1-2,4-7,9-10,15H2,(H,33,34). The van der Waals surface area contributed by atoms with E-state index in [1.165, 1.54) is 12.1 Å². The van der Waals surface area contributed by atoms with Crippen LogP contribution in [0.25, 0.3) is 22.0 Å². The van der Waals surface area contributed by atoms with E-state index in [2.05, 4.69) is 15.2 Å². The number of phenols is 1. The highest BCUT2D eigenvalue weighted by molar-refractivity contribution is 6.32. The molecule has 6 rings (SSSR count). The van der Waals surface area contributed by atoms with E-state index in [-0.39, 0.29) is 22.8 Å². The van der Waals surface area contributed by atoms with Gasteiger partial charge >= 0.3 is 0 Å². The summed E-state index contributed by atoms with van der Waals surface area (Å²) in [5, 5.41) is 14.2. The van der Waals surface area contributed by atoms with Gasteiger partial charge in [0.15, 0.2) is 17.3 Å². The fourth-order valence-electron chi connectivity index (χ4n) is 5.88. The minimum atomic E-state index is -0.787. The Hall–Kier alpha value is -2.77. The number of benzene rings is 2. The number of carbonyl (C=O) groups is 1. The summed E-state index contributed by atoms with van der Waals surface area (Å²) < 4.78 is 27.9. The Morgan fingerprint density at radius 2 is 1.84 bits per heavy atom. The van der Waals surface area contributed by atoms with Crippen LogP contribution in [0.3, 0.4) is 0 Å². The van der Waals surface area contributed by atoms with Gasteiger partial charge in [0.05, 0.1) is 21.8 Å². The number of hydrogen-bond acceptors (Lipinski definition) is 5. The molecule has 1 aromatic heterocycles. The largest absolute Gasteiger partial charge is 0.504 e. The summed E-state index contributed by atoms with van der Waals surface area (Å²) in [5.74, 6) is -1.20. The molecule has 2 N–H and O–H groups in total. The SMILES string of the molecule is O=C(c1cnc2ccc(-c3cc(F)c(O)c(Cl)c3)cc2c1NC1CCC(N2CCC(F)C2)CC1)C1CC1. The molecule has 1 aliphatic heterocycles. The quantitative estimate of drug-likeness (QED) is 0.348. The van der Waals surface area contributed by atoms with Gasteiger partial charge in [-0.1, -0.05) is 17.7 Å². The van der Waals surface area contributed by atoms with Crippen molar-refractivity contribution in [2.45, 2.75) is 63.2 Å². The molecular weight excluding hydrogens is 496 g/mol. The molecule has 1 saturated heterocycles. The minimum absolute atomic E-state index is 0.0486. The van der Waals surface area contributed by atoms with Crippen molar-refractivity contribution < 1.29 is 18.7 Å². The smallest absolute Gasteiger partial charge is 0.170 e. The second kappa shape index (κ2) is 9.84. The molecule has 2 heterocycles. The van der Waals surface area contributed by atoms with Gasteiger partial charge in [-0.3, -0.25) is 14.7 Å². The van der Waals surface area contributed by atoms with Gasteiger partial charge in [0.25, 0.3) is 0 Å². The van der Waals surface area contributed by atoms with Crippen LogP contribution in [0.15, 0.2) is 36.5 Å². The Bertz CT molecular complexity index is 1330. The first-order chi connectivity index (χ1) is 17.9. The average Bonchev–Trinajstić information content (AvgIpc) is 3.67. The summed E-state index contributed by atoms with van der Waals surface area (Å²) in [6.07, 6.45) is 7.28. The average molecular weight is 526 g/mol. The minimum Gasteiger partial charge on any atom is -0.504 e. The molecule has 0 bridgehead atoms. The molecule has 0 spiro atoms. The fraction of sp³-hybridized carbons (Fsp3) is 0.448. The van der Waals surface area contributed by atoms with E-state index in [1.807, 2.05) is 18.2 Å². The molecule has 3 aliphatic rings. The number of phenolic OH excluding ortho intramolecular Hbond substituents is 1. The number of alkyl halides is 1. The van der Waals surface area contributed by atoms with Crippen molar-refractivity contribution in [2.24, 2.45) is 5.92 Å². The van der Waals surface area contributed by atoms with Crippen LogP contribution in [0.1, 0.15) is 55.3 Å². The van der Waals surface area contributed by atoms with Crippen molar-refractivity contribution in [1.29, 1.82) is 0 Å². The van der Waals surface area contributed by atoms with Crippen molar-refractivity contribution >= 4 is 34.0 Å². The van der Waals surface area contributed by atoms with Crippen molar-refractivity contribution in [3.63, 3.8) is 0 Å². The predicted octanol–water partition coefficient (Wildman–Crippen LogP) is 6.76. The lowest BCUT2D eigenvalue weighted by Crippen LogP contribution is -2.39. The van der Waals surface area contributed by atoms with E-state index in [1.54, 1.807) is 6.20 Å². The topological polar surface area (TPSA) is 65.5 Å². The summed E-state index contributed by atoms with van der Waals surface area (Å²) in [4.78, 5) is 20.1. The lowest BCUT2D eigenvalue weighted by atomic mass is 9.89. The second-order valence-corrected chi connectivity index (χ2v) is 11.1. The highest BCUT2D eigenvalue weighted by atomic mass is 35.5. The number of aromatic nitrogens is 1. The Morgan fingerprint density at radius 3 is 2.51 bits per heavy atom. The van der Waals surface area contributed by atoms with Crippen LogP contribution in [0.4, 0.5) is 14.5 Å². The first-order valence-corrected chi connectivity index (χ1v) is 13.5. The highest BCUT2D eigenvalue weighted by Crippen LogP contribution is 2.40. The Morgan fingerprint density at radius 1 is 1.05 bits per heavy atom. The number of ketones is 1. The zero-order valence-electron chi connectivity index (χ0n) is 20.5. The van der Waals surface area contributed by atoms with Crippen LogP contribution in [-0.2, 0) is 0 Å². The highest BCUT2D eigenvalue weighted by Gasteiger charge is 2.34. The van der Waals surface area contributed by atoms with Crippen molar-refractivity contribution in [2.75, 3.05) is 18.4 Å². The number of nitrogens with zero attached hydrogens (tertiary/aromatic N) is 2. The van der Waals surface area contributed by atoms with E-state index >= 15 is 0 Å². The maximum absolute atomic E-state index is 14.2. The first kappa shape index (κ1) is 24.6. The number of likely N-dealkylation sites (tertiary alicyclic amines) is 1. The van der Waals surface area contributed by atoms with E-state index in [0.29, 0.717) is 35.7 Å². The molecule has 1 atom stereocenters. The van der Waals surface area contributed by atoms with Gasteiger partial charge in [0.2, 0.25) is 0 Å². The number of hydrogen-bond donors (Lipinski definition) is 2. The summed E-state index contributed by atoms with van der Waals surface area (Å²) in [6.45, 7) is 1.38. The predicted molar refractivity (Wildman–Crippen MR) is 142 cm³/mol. The summed E-state index contributed by atoms with van der Waals surface area (Å²) >= 11 is 6.04. The van der Waals surface area contributed by atoms with Crippen LogP contribution in [0.5, 0.6) is 5.75 Å². The Kier molecular flexibility index (Phi) is 6.53. The fourth-order valence-corrected chi connectivity index (χ4v) is 6.08. The molecule has 0 amide bonds. The first-order valence-electron chi connectivity index (χ1n) is 13.2. The Balaban J connectivity index is 1.33. The van der Waals surface area contributed by atoms with E-state index < -0.39 is 17.7 Å². The second-order valence-electron chi connectivity index (χ2n) is 10.7. The molecule has 37 heavy (non-hydrogen) atoms. The van der Waals surface area contributed by atoms with Gasteiger partial charge in [0, 0.05) is 42.7 Å². The van der Waals surface area contributed by atoms with E-state index in [9.17, 15) is 18.7 Å². The lowest BCUT2D eigenvalue weighted by Gasteiger charge is -2.35. The molecule has 1 unspecified atom stereocenters. The third kappa shape index (κ3) is 4.91. The van der Waals surface area contributed by atoms with Crippen LogP contribution >= 0.6 is 11.6 Å². The van der Waals surface area contributed by atoms with Crippen molar-refractivity contribution in [1.82, 2.24) is 9.88 Å². The maximum Gasteiger partial charge on any atom is 0.170 e. The number of fused-ring (bicyclic) bond motifs is 1. The number of aromatic hydroxyl groups is 1. The van der Waals surface area contributed by atoms with Gasteiger partial charge in [0.1, 0.15) is 6.17 Å². The van der Waals surface area contributed by atoms with Gasteiger partial charge in [-0.2, -0.15) is 0 Å². The number of Topliss-reactive ketones (excluding diaryl/α,β-unsaturated/α-hetero) is 1. The molecule has 2 saturated carbocycles. The monoisotopic (exact) mass is 525 g/mol. The maximum atomic E-state index is 14.2. The van der Waals surface area contributed by atoms with Gasteiger partial charge < -0.3 is 10.4 Å². The molecule has 2 aromatic carbocycles. The van der Waals surface area contributed by atoms with Gasteiger partial charge in [-0.15, -0.1) is 0 Å². The summed E-state index contributed by atoms with van der Waals surface area (Å²) in [7, 11) is 0. The summed E-state index contributed by atoms with van der Waals surface area (Å²) in [6, 6.07) is 9.00. The van der Waals surface area contributed by atoms with Crippen molar-refractivity contribution in [3.8, 4) is 16.9 Å². The number of pyridine rings is 1. The molecule has 2 aliphatic carbocycles. The van der Waals surface area contributed by atoms with Gasteiger partial charge in [-0.25, -0.2) is 8.78 Å². The third-order valence-corrected chi connectivity index (χ3v) is 8.44. The zero-order chi connectivity index (χ0) is 25.7. The molecule has 3 aromatic rings. The molecule has 194 valence electrons. The Labute approximate surface area is 219 Å². The van der Waals surface area contributed by atoms with Crippen LogP contribution < -0.4 is 5.32 Å². The zero-order valence-corrected chi connectivity index (χ0v) is 21.3. The number of rotatable bonds is 6. The molecule has 8 heteroatoms. The molecule has 0 radical (unpaired) electrons. The van der Waals surface area contributed by atoms with Gasteiger partial charge in [-0.05, 0) is 80.3 Å². The van der Waals surface area contributed by atoms with E-state index in [4.69, 9.17) is 11.6 Å². The van der Waals surface area contributed by atoms with E-state index in [0.717, 1.165) is 61.7 Å². The third-order valence-electron chi connectivity index (χ3n) is 8.16. The number of halogens is 3. The molecular formula is C29H30ClF2N3O2. The summed E-state index contributed by atoms with van der Waals surface area (Å²) in [5.41, 5.74) is 3.37. The van der Waals surface area contributed by atoms with Crippen LogP contribution in [0, 0.1) is 11.7 Å². The van der Waals surface area contributed by atoms with Crippen LogP contribution in [-0.4, -0.2) is 52.1 Å². The van der Waals surface area contributed by atoms with Crippen molar-refractivity contribution in [3.05, 3.63) is 52.9 Å². The molecule has 3 fully saturated rings. The molecule has 5 nitrogen and oxygen atoms in total. The van der Waals surface area contributed by atoms with Crippen LogP contribution in [0.2, 0.25) is 5.02 Å². The number of nitrogens with one attached hydrogen (secondary N) is 1. The lowest BCUT2D eigenvalue weighted by molar-refractivity contribution is 0.0968. The number of anilines is 1. The normalized spacial score (nSPS) is 24.5.